The first-order chi connectivity index (χ1) is 21.4. The van der Waals surface area contributed by atoms with E-state index in [2.05, 4.69) is 20.0 Å². The maximum Gasteiger partial charge on any atom is 0.413 e. The number of hydrogen-bond donors (Lipinski definition) is 2. The predicted octanol–water partition coefficient (Wildman–Crippen LogP) is 6.20. The van der Waals surface area contributed by atoms with Crippen molar-refractivity contribution in [3.63, 3.8) is 0 Å². The van der Waals surface area contributed by atoms with Crippen molar-refractivity contribution in [3.05, 3.63) is 102 Å². The zero-order chi connectivity index (χ0) is 32.4. The van der Waals surface area contributed by atoms with Crippen LogP contribution in [-0.4, -0.2) is 47.7 Å². The Labute approximate surface area is 265 Å². The monoisotopic (exact) mass is 647 g/mol. The smallest absolute Gasteiger partial charge is 0.413 e. The second-order valence-electron chi connectivity index (χ2n) is 11.0. The summed E-state index contributed by atoms with van der Waals surface area (Å²) in [5.41, 5.74) is 1.40. The van der Waals surface area contributed by atoms with Gasteiger partial charge in [0.25, 0.3) is 15.9 Å². The standard InChI is InChI=1S/C32H30ClN5O6S/c1-32(2,3)44-31(40)36-27-17-20(14-16-34-27)28(29(39)37-45(41,42)22-9-6-5-7-10-22)38-19-25(23-11-8-15-35-30(23)43-4)24-18-21(33)12-13-26(24)38/h5-19,28H,1-4H3,(H,37,39)(H,34,36,40). The quantitative estimate of drug-likeness (QED) is 0.203. The van der Waals surface area contributed by atoms with Gasteiger partial charge in [-0.25, -0.2) is 27.9 Å². The minimum Gasteiger partial charge on any atom is -0.481 e. The third kappa shape index (κ3) is 7.08. The van der Waals surface area contributed by atoms with Crippen molar-refractivity contribution in [2.24, 2.45) is 0 Å². The highest BCUT2D eigenvalue weighted by Gasteiger charge is 2.30. The summed E-state index contributed by atoms with van der Waals surface area (Å²) >= 11 is 6.42. The highest BCUT2D eigenvalue weighted by molar-refractivity contribution is 7.90. The molecule has 3 aromatic heterocycles. The number of sulfonamides is 1. The summed E-state index contributed by atoms with van der Waals surface area (Å²) in [5, 5.41) is 3.69. The molecule has 0 aliphatic carbocycles. The van der Waals surface area contributed by atoms with Crippen LogP contribution in [-0.2, 0) is 19.6 Å². The Hall–Kier alpha value is -4.94. The van der Waals surface area contributed by atoms with Crippen molar-refractivity contribution in [2.45, 2.75) is 37.3 Å². The average Bonchev–Trinajstić information content (AvgIpc) is 3.34. The zero-order valence-electron chi connectivity index (χ0n) is 24.8. The zero-order valence-corrected chi connectivity index (χ0v) is 26.4. The van der Waals surface area contributed by atoms with Crippen LogP contribution in [0.2, 0.25) is 5.02 Å². The van der Waals surface area contributed by atoms with Gasteiger partial charge in [-0.3, -0.25) is 10.1 Å². The molecule has 13 heteroatoms. The van der Waals surface area contributed by atoms with Crippen LogP contribution >= 0.6 is 11.6 Å². The fourth-order valence-electron chi connectivity index (χ4n) is 4.79. The highest BCUT2D eigenvalue weighted by Crippen LogP contribution is 2.39. The lowest BCUT2D eigenvalue weighted by atomic mass is 10.1. The molecule has 3 heterocycles. The number of carbonyl (C=O) groups excluding carboxylic acids is 2. The van der Waals surface area contributed by atoms with Gasteiger partial charge in [0, 0.05) is 45.6 Å². The Morgan fingerprint density at radius 3 is 2.40 bits per heavy atom. The number of halogens is 1. The van der Waals surface area contributed by atoms with Crippen molar-refractivity contribution in [1.82, 2.24) is 19.3 Å². The summed E-state index contributed by atoms with van der Waals surface area (Å²) < 4.78 is 41.3. The van der Waals surface area contributed by atoms with Crippen molar-refractivity contribution < 1.29 is 27.5 Å². The van der Waals surface area contributed by atoms with Crippen LogP contribution in [0.5, 0.6) is 5.88 Å². The summed E-state index contributed by atoms with van der Waals surface area (Å²) in [5.74, 6) is -0.416. The number of anilines is 1. The molecule has 0 aliphatic rings. The van der Waals surface area contributed by atoms with Crippen LogP contribution < -0.4 is 14.8 Å². The Kier molecular flexibility index (Phi) is 8.80. The summed E-state index contributed by atoms with van der Waals surface area (Å²) in [7, 11) is -2.76. The molecule has 0 bridgehead atoms. The van der Waals surface area contributed by atoms with Gasteiger partial charge in [-0.05, 0) is 80.9 Å². The van der Waals surface area contributed by atoms with Crippen LogP contribution in [0.1, 0.15) is 32.4 Å². The number of nitrogens with one attached hydrogen (secondary N) is 2. The molecule has 45 heavy (non-hydrogen) atoms. The minimum atomic E-state index is -4.26. The fourth-order valence-corrected chi connectivity index (χ4v) is 5.97. The number of benzene rings is 2. The van der Waals surface area contributed by atoms with Crippen molar-refractivity contribution in [2.75, 3.05) is 12.4 Å². The Balaban J connectivity index is 1.68. The van der Waals surface area contributed by atoms with Gasteiger partial charge in [-0.15, -0.1) is 0 Å². The van der Waals surface area contributed by atoms with E-state index in [1.807, 2.05) is 6.07 Å². The number of amides is 2. The molecule has 0 saturated heterocycles. The second-order valence-corrected chi connectivity index (χ2v) is 13.1. The lowest BCUT2D eigenvalue weighted by Crippen LogP contribution is -2.37. The molecule has 5 aromatic rings. The minimum absolute atomic E-state index is 0.0796. The molecule has 0 fully saturated rings. The number of hydrogen-bond acceptors (Lipinski definition) is 8. The van der Waals surface area contributed by atoms with E-state index in [1.165, 1.54) is 31.5 Å². The van der Waals surface area contributed by atoms with Gasteiger partial charge in [0.05, 0.1) is 12.0 Å². The second kappa shape index (κ2) is 12.6. The van der Waals surface area contributed by atoms with E-state index in [0.717, 1.165) is 0 Å². The molecule has 232 valence electrons. The number of ether oxygens (including phenoxy) is 2. The number of aromatic nitrogens is 3. The first-order valence-electron chi connectivity index (χ1n) is 13.7. The molecule has 0 spiro atoms. The van der Waals surface area contributed by atoms with Crippen LogP contribution in [0.15, 0.2) is 96.3 Å². The largest absolute Gasteiger partial charge is 0.481 e. The Bertz CT molecular complexity index is 1990. The maximum atomic E-state index is 14.1. The van der Waals surface area contributed by atoms with E-state index in [0.29, 0.717) is 38.5 Å². The van der Waals surface area contributed by atoms with E-state index < -0.39 is 33.7 Å². The molecule has 11 nitrogen and oxygen atoms in total. The normalized spacial score (nSPS) is 12.4. The number of pyridine rings is 2. The van der Waals surface area contributed by atoms with Gasteiger partial charge in [0.15, 0.2) is 0 Å². The Morgan fingerprint density at radius 2 is 1.69 bits per heavy atom. The van der Waals surface area contributed by atoms with Gasteiger partial charge in [0.1, 0.15) is 17.5 Å². The topological polar surface area (TPSA) is 142 Å². The first-order valence-corrected chi connectivity index (χ1v) is 15.6. The molecule has 0 aliphatic heterocycles. The number of rotatable bonds is 8. The third-order valence-corrected chi connectivity index (χ3v) is 8.19. The first kappa shape index (κ1) is 31.5. The molecule has 2 amide bonds. The van der Waals surface area contributed by atoms with E-state index in [1.54, 1.807) is 86.3 Å². The molecular weight excluding hydrogens is 618 g/mol. The predicted molar refractivity (Wildman–Crippen MR) is 171 cm³/mol. The van der Waals surface area contributed by atoms with E-state index in [4.69, 9.17) is 21.1 Å². The van der Waals surface area contributed by atoms with Crippen molar-refractivity contribution in [1.29, 1.82) is 0 Å². The number of fused-ring (bicyclic) bond motifs is 1. The van der Waals surface area contributed by atoms with Crippen LogP contribution in [0.25, 0.3) is 22.0 Å². The molecule has 2 aromatic carbocycles. The average molecular weight is 648 g/mol. The lowest BCUT2D eigenvalue weighted by molar-refractivity contribution is -0.121. The van der Waals surface area contributed by atoms with Gasteiger partial charge in [-0.2, -0.15) is 0 Å². The van der Waals surface area contributed by atoms with Crippen LogP contribution in [0, 0.1) is 0 Å². The highest BCUT2D eigenvalue weighted by atomic mass is 35.5. The summed E-state index contributed by atoms with van der Waals surface area (Å²) in [6.07, 6.45) is 3.96. The van der Waals surface area contributed by atoms with Crippen LogP contribution in [0.3, 0.4) is 0 Å². The lowest BCUT2D eigenvalue weighted by Gasteiger charge is -2.22. The SMILES string of the molecule is COc1ncccc1-c1cn(C(C(=O)NS(=O)(=O)c2ccccc2)c2ccnc(NC(=O)OC(C)(C)C)c2)c2ccc(Cl)cc12. The summed E-state index contributed by atoms with van der Waals surface area (Å²) in [4.78, 5) is 35.1. The Morgan fingerprint density at radius 1 is 0.933 bits per heavy atom. The summed E-state index contributed by atoms with van der Waals surface area (Å²) in [6, 6.07) is 18.1. The fraction of sp³-hybridized carbons (Fsp3) is 0.188. The van der Waals surface area contributed by atoms with Crippen molar-refractivity contribution >= 4 is 50.3 Å². The van der Waals surface area contributed by atoms with Gasteiger partial charge in [-0.1, -0.05) is 29.8 Å². The van der Waals surface area contributed by atoms with Crippen LogP contribution in [0.4, 0.5) is 10.6 Å². The third-order valence-electron chi connectivity index (χ3n) is 6.59. The molecule has 5 rings (SSSR count). The maximum absolute atomic E-state index is 14.1. The molecule has 0 radical (unpaired) electrons. The van der Waals surface area contributed by atoms with E-state index in [9.17, 15) is 18.0 Å². The van der Waals surface area contributed by atoms with E-state index in [-0.39, 0.29) is 10.7 Å². The van der Waals surface area contributed by atoms with Crippen molar-refractivity contribution in [3.8, 4) is 17.0 Å². The van der Waals surface area contributed by atoms with Gasteiger partial charge < -0.3 is 14.0 Å². The molecular formula is C32H30ClN5O6S. The van der Waals surface area contributed by atoms with Gasteiger partial charge >= 0.3 is 6.09 Å². The molecule has 1 atom stereocenters. The van der Waals surface area contributed by atoms with E-state index >= 15 is 0 Å². The summed E-state index contributed by atoms with van der Waals surface area (Å²) in [6.45, 7) is 5.17. The number of carbonyl (C=O) groups is 2. The number of nitrogens with zero attached hydrogens (tertiary/aromatic N) is 3. The molecule has 2 N–H and O–H groups in total. The number of methoxy groups -OCH3 is 1. The van der Waals surface area contributed by atoms with Gasteiger partial charge in [0.2, 0.25) is 5.88 Å². The molecule has 1 unspecified atom stereocenters. The molecule has 0 saturated carbocycles.